The summed E-state index contributed by atoms with van der Waals surface area (Å²) in [5.74, 6) is 1.18. The number of sulfonamides is 1. The minimum atomic E-state index is -3.02. The summed E-state index contributed by atoms with van der Waals surface area (Å²) in [5.41, 5.74) is 1.26. The molecule has 2 aliphatic rings. The fourth-order valence-corrected chi connectivity index (χ4v) is 4.76. The lowest BCUT2D eigenvalue weighted by molar-refractivity contribution is 0.290. The molecule has 3 rings (SSSR count). The van der Waals surface area contributed by atoms with Gasteiger partial charge in [-0.1, -0.05) is 23.7 Å². The van der Waals surface area contributed by atoms with Crippen molar-refractivity contribution in [3.63, 3.8) is 0 Å². The molecule has 0 aromatic heterocycles. The zero-order chi connectivity index (χ0) is 15.0. The number of hydrogen-bond donors (Lipinski definition) is 0. The van der Waals surface area contributed by atoms with Gasteiger partial charge in [-0.05, 0) is 36.5 Å². The largest absolute Gasteiger partial charge is 0.298 e. The van der Waals surface area contributed by atoms with Crippen LogP contribution in [-0.4, -0.2) is 49.6 Å². The first kappa shape index (κ1) is 15.3. The second-order valence-corrected chi connectivity index (χ2v) is 8.75. The molecule has 0 unspecified atom stereocenters. The lowest BCUT2D eigenvalue weighted by Gasteiger charge is -2.21. The van der Waals surface area contributed by atoms with Crippen molar-refractivity contribution in [2.24, 2.45) is 11.8 Å². The standard InChI is InChI=1S/C15H21ClN2O2S/c1-2-21(19,20)18-10-13-8-17(9-14(13)11-18)7-12-3-5-15(16)6-4-12/h3-6,13-14H,2,7-11H2,1H3/t13-,14-/m0/s1. The number of benzene rings is 1. The quantitative estimate of drug-likeness (QED) is 0.849. The number of rotatable bonds is 4. The van der Waals surface area contributed by atoms with E-state index in [-0.39, 0.29) is 5.75 Å². The minimum Gasteiger partial charge on any atom is -0.298 e. The Morgan fingerprint density at radius 1 is 1.10 bits per heavy atom. The van der Waals surface area contributed by atoms with Crippen LogP contribution in [0, 0.1) is 11.8 Å². The Bertz CT molecular complexity index is 589. The van der Waals surface area contributed by atoms with E-state index in [4.69, 9.17) is 11.6 Å². The maximum atomic E-state index is 11.9. The molecule has 0 saturated carbocycles. The van der Waals surface area contributed by atoms with Crippen LogP contribution in [0.5, 0.6) is 0 Å². The van der Waals surface area contributed by atoms with Crippen LogP contribution in [0.15, 0.2) is 24.3 Å². The van der Waals surface area contributed by atoms with Crippen molar-refractivity contribution in [3.8, 4) is 0 Å². The normalized spacial score (nSPS) is 27.1. The van der Waals surface area contributed by atoms with Crippen molar-refractivity contribution in [2.75, 3.05) is 31.9 Å². The molecule has 0 radical (unpaired) electrons. The maximum Gasteiger partial charge on any atom is 0.213 e. The topological polar surface area (TPSA) is 40.6 Å². The molecule has 4 nitrogen and oxygen atoms in total. The molecule has 1 aromatic rings. The summed E-state index contributed by atoms with van der Waals surface area (Å²) < 4.78 is 25.6. The average molecular weight is 329 g/mol. The van der Waals surface area contributed by atoms with Gasteiger partial charge >= 0.3 is 0 Å². The molecule has 2 heterocycles. The van der Waals surface area contributed by atoms with Crippen LogP contribution >= 0.6 is 11.6 Å². The molecule has 2 aliphatic heterocycles. The number of likely N-dealkylation sites (tertiary alicyclic amines) is 1. The molecule has 2 saturated heterocycles. The molecule has 0 bridgehead atoms. The van der Waals surface area contributed by atoms with Gasteiger partial charge in [0.1, 0.15) is 0 Å². The Morgan fingerprint density at radius 2 is 1.67 bits per heavy atom. The summed E-state index contributed by atoms with van der Waals surface area (Å²) in [5, 5.41) is 0.762. The number of hydrogen-bond acceptors (Lipinski definition) is 3. The molecule has 0 spiro atoms. The van der Waals surface area contributed by atoms with E-state index in [2.05, 4.69) is 17.0 Å². The highest BCUT2D eigenvalue weighted by molar-refractivity contribution is 7.89. The molecule has 1 aromatic carbocycles. The minimum absolute atomic E-state index is 0.209. The lowest BCUT2D eigenvalue weighted by atomic mass is 10.0. The lowest BCUT2D eigenvalue weighted by Crippen LogP contribution is -2.34. The predicted octanol–water partition coefficient (Wildman–Crippen LogP) is 2.05. The van der Waals surface area contributed by atoms with E-state index in [9.17, 15) is 8.42 Å². The number of fused-ring (bicyclic) bond motifs is 1. The first-order chi connectivity index (χ1) is 9.98. The highest BCUT2D eigenvalue weighted by Crippen LogP contribution is 2.33. The van der Waals surface area contributed by atoms with Crippen molar-refractivity contribution in [1.29, 1.82) is 0 Å². The van der Waals surface area contributed by atoms with Gasteiger partial charge in [-0.2, -0.15) is 0 Å². The van der Waals surface area contributed by atoms with Crippen LogP contribution in [0.25, 0.3) is 0 Å². The Morgan fingerprint density at radius 3 is 2.19 bits per heavy atom. The van der Waals surface area contributed by atoms with E-state index in [0.29, 0.717) is 24.9 Å². The van der Waals surface area contributed by atoms with Gasteiger partial charge in [-0.3, -0.25) is 4.90 Å². The summed E-state index contributed by atoms with van der Waals surface area (Å²) in [4.78, 5) is 2.43. The SMILES string of the molecule is CCS(=O)(=O)N1C[C@@H]2CN(Cc3ccc(Cl)cc3)C[C@H]2C1. The fourth-order valence-electron chi connectivity index (χ4n) is 3.43. The Hall–Kier alpha value is -0.620. The highest BCUT2D eigenvalue weighted by Gasteiger charge is 2.43. The monoisotopic (exact) mass is 328 g/mol. The Labute approximate surface area is 131 Å². The van der Waals surface area contributed by atoms with Crippen molar-refractivity contribution in [3.05, 3.63) is 34.9 Å². The molecule has 0 N–H and O–H groups in total. The molecule has 2 atom stereocenters. The van der Waals surface area contributed by atoms with E-state index < -0.39 is 10.0 Å². The zero-order valence-electron chi connectivity index (χ0n) is 12.2. The number of nitrogens with zero attached hydrogens (tertiary/aromatic N) is 2. The third-order valence-electron chi connectivity index (χ3n) is 4.61. The Kier molecular flexibility index (Phi) is 4.28. The van der Waals surface area contributed by atoms with Gasteiger partial charge < -0.3 is 0 Å². The van der Waals surface area contributed by atoms with Crippen molar-refractivity contribution in [1.82, 2.24) is 9.21 Å². The highest BCUT2D eigenvalue weighted by atomic mass is 35.5. The van der Waals surface area contributed by atoms with Gasteiger partial charge in [0.25, 0.3) is 0 Å². The molecular formula is C15H21ClN2O2S. The van der Waals surface area contributed by atoms with Gasteiger partial charge in [0.05, 0.1) is 5.75 Å². The first-order valence-corrected chi connectivity index (χ1v) is 9.41. The van der Waals surface area contributed by atoms with Crippen LogP contribution in [0.2, 0.25) is 5.02 Å². The number of halogens is 1. The molecule has 2 fully saturated rings. The molecule has 21 heavy (non-hydrogen) atoms. The predicted molar refractivity (Wildman–Crippen MR) is 84.7 cm³/mol. The second-order valence-electron chi connectivity index (χ2n) is 6.06. The first-order valence-electron chi connectivity index (χ1n) is 7.42. The molecule has 0 amide bonds. The van der Waals surface area contributed by atoms with Gasteiger partial charge in [0.2, 0.25) is 10.0 Å². The van der Waals surface area contributed by atoms with Crippen LogP contribution < -0.4 is 0 Å². The van der Waals surface area contributed by atoms with Gasteiger partial charge in [0.15, 0.2) is 0 Å². The maximum absolute atomic E-state index is 11.9. The average Bonchev–Trinajstić information content (AvgIpc) is 3.00. The van der Waals surface area contributed by atoms with Gasteiger partial charge in [-0.15, -0.1) is 0 Å². The second kappa shape index (κ2) is 5.88. The molecular weight excluding hydrogens is 308 g/mol. The van der Waals surface area contributed by atoms with E-state index in [1.165, 1.54) is 5.56 Å². The Balaban J connectivity index is 1.58. The summed E-state index contributed by atoms with van der Waals surface area (Å²) in [6.07, 6.45) is 0. The molecule has 116 valence electrons. The van der Waals surface area contributed by atoms with Crippen LogP contribution in [0.4, 0.5) is 0 Å². The summed E-state index contributed by atoms with van der Waals surface area (Å²) in [6, 6.07) is 7.96. The van der Waals surface area contributed by atoms with Crippen LogP contribution in [-0.2, 0) is 16.6 Å². The van der Waals surface area contributed by atoms with E-state index in [1.807, 2.05) is 12.1 Å². The summed E-state index contributed by atoms with van der Waals surface area (Å²) in [7, 11) is -3.02. The summed E-state index contributed by atoms with van der Waals surface area (Å²) >= 11 is 5.90. The van der Waals surface area contributed by atoms with Gasteiger partial charge in [-0.25, -0.2) is 12.7 Å². The van der Waals surface area contributed by atoms with Crippen LogP contribution in [0.3, 0.4) is 0 Å². The van der Waals surface area contributed by atoms with Crippen molar-refractivity contribution < 1.29 is 8.42 Å². The fraction of sp³-hybridized carbons (Fsp3) is 0.600. The summed E-state index contributed by atoms with van der Waals surface area (Å²) in [6.45, 7) is 6.00. The van der Waals surface area contributed by atoms with E-state index in [1.54, 1.807) is 11.2 Å². The molecule has 0 aliphatic carbocycles. The van der Waals surface area contributed by atoms with E-state index >= 15 is 0 Å². The van der Waals surface area contributed by atoms with Gasteiger partial charge in [0, 0.05) is 37.7 Å². The third-order valence-corrected chi connectivity index (χ3v) is 6.67. The van der Waals surface area contributed by atoms with Crippen LogP contribution in [0.1, 0.15) is 12.5 Å². The molecule has 6 heteroatoms. The van der Waals surface area contributed by atoms with Crippen molar-refractivity contribution in [2.45, 2.75) is 13.5 Å². The van der Waals surface area contributed by atoms with E-state index in [0.717, 1.165) is 24.7 Å². The zero-order valence-corrected chi connectivity index (χ0v) is 13.8. The van der Waals surface area contributed by atoms with Crippen molar-refractivity contribution >= 4 is 21.6 Å². The third kappa shape index (κ3) is 3.26. The smallest absolute Gasteiger partial charge is 0.213 e.